The monoisotopic (exact) mass is 432 g/mol. The van der Waals surface area contributed by atoms with E-state index in [0.29, 0.717) is 34.9 Å². The van der Waals surface area contributed by atoms with E-state index in [4.69, 9.17) is 0 Å². The second kappa shape index (κ2) is 8.42. The smallest absolute Gasteiger partial charge is 0.136 e. The average molecular weight is 433 g/mol. The van der Waals surface area contributed by atoms with E-state index < -0.39 is 12.2 Å². The molecule has 178 valence electrons. The quantitative estimate of drug-likeness (QED) is 0.572. The van der Waals surface area contributed by atoms with Crippen molar-refractivity contribution < 1.29 is 15.0 Å². The van der Waals surface area contributed by atoms with Gasteiger partial charge in [-0.3, -0.25) is 4.79 Å². The van der Waals surface area contributed by atoms with Crippen molar-refractivity contribution in [3.05, 3.63) is 0 Å². The van der Waals surface area contributed by atoms with Crippen molar-refractivity contribution in [2.24, 2.45) is 58.2 Å². The number of ketones is 1. The lowest BCUT2D eigenvalue weighted by Crippen LogP contribution is -2.58. The maximum Gasteiger partial charge on any atom is 0.136 e. The first-order valence-electron chi connectivity index (χ1n) is 13.4. The van der Waals surface area contributed by atoms with Gasteiger partial charge in [0.05, 0.1) is 12.2 Å². The van der Waals surface area contributed by atoms with E-state index in [1.54, 1.807) is 0 Å². The zero-order valence-electron chi connectivity index (χ0n) is 20.9. The van der Waals surface area contributed by atoms with Gasteiger partial charge in [-0.05, 0) is 104 Å². The summed E-state index contributed by atoms with van der Waals surface area (Å²) in [6.07, 6.45) is 9.00. The topological polar surface area (TPSA) is 57.5 Å². The van der Waals surface area contributed by atoms with Crippen LogP contribution in [0.3, 0.4) is 0 Å². The predicted molar refractivity (Wildman–Crippen MR) is 125 cm³/mol. The van der Waals surface area contributed by atoms with Gasteiger partial charge in [0.25, 0.3) is 0 Å². The van der Waals surface area contributed by atoms with Gasteiger partial charge in [0.1, 0.15) is 5.78 Å². The van der Waals surface area contributed by atoms with Crippen LogP contribution in [0, 0.1) is 58.2 Å². The molecule has 3 heteroatoms. The molecule has 4 aliphatic rings. The molecule has 0 bridgehead atoms. The number of carbonyl (C=O) groups excluding carboxylic acids is 1. The van der Waals surface area contributed by atoms with Crippen molar-refractivity contribution in [3.8, 4) is 0 Å². The first-order valence-corrected chi connectivity index (χ1v) is 13.4. The summed E-state index contributed by atoms with van der Waals surface area (Å²) in [5.41, 5.74) is 0.563. The Bertz CT molecular complexity index is 673. The van der Waals surface area contributed by atoms with Crippen LogP contribution in [0.5, 0.6) is 0 Å². The van der Waals surface area contributed by atoms with Crippen LogP contribution >= 0.6 is 0 Å². The van der Waals surface area contributed by atoms with Crippen LogP contribution in [0.15, 0.2) is 0 Å². The van der Waals surface area contributed by atoms with Gasteiger partial charge in [0.15, 0.2) is 0 Å². The SMILES string of the molecule is CC(C)[C@@H](C)C(=O)C[C@@H](C)[C@H]1CC[C@H]2[C@@H]3CCC4[C@@H](O)[C@@H](O)CC[C@]4(C)[C@H]3CC[C@]12C. The van der Waals surface area contributed by atoms with Crippen LogP contribution in [-0.4, -0.2) is 28.2 Å². The molecule has 0 heterocycles. The zero-order chi connectivity index (χ0) is 22.7. The van der Waals surface area contributed by atoms with E-state index in [1.165, 1.54) is 32.1 Å². The molecular weight excluding hydrogens is 384 g/mol. The molecule has 0 radical (unpaired) electrons. The first-order chi connectivity index (χ1) is 14.5. The van der Waals surface area contributed by atoms with E-state index in [2.05, 4.69) is 41.5 Å². The fraction of sp³-hybridized carbons (Fsp3) is 0.964. The van der Waals surface area contributed by atoms with E-state index >= 15 is 0 Å². The number of hydrogen-bond donors (Lipinski definition) is 2. The highest BCUT2D eigenvalue weighted by Gasteiger charge is 2.62. The number of rotatable bonds is 5. The van der Waals surface area contributed by atoms with Gasteiger partial charge in [0, 0.05) is 12.3 Å². The number of aliphatic hydroxyl groups excluding tert-OH is 2. The number of hydrogen-bond acceptors (Lipinski definition) is 3. The lowest BCUT2D eigenvalue weighted by atomic mass is 9.44. The maximum absolute atomic E-state index is 12.9. The standard InChI is InChI=1S/C28H48O3/c1-16(2)18(4)25(30)15-17(3)20-9-10-21-19-7-8-23-26(31)24(29)12-14-28(23,6)22(19)11-13-27(20,21)5/h16-24,26,29,31H,7-15H2,1-6H3/t17-,18-,19+,20-,21+,22+,23?,24+,26-,27-,28-/m1/s1. The summed E-state index contributed by atoms with van der Waals surface area (Å²) < 4.78 is 0. The Morgan fingerprint density at radius 2 is 1.45 bits per heavy atom. The Hall–Kier alpha value is -0.410. The van der Waals surface area contributed by atoms with Gasteiger partial charge in [-0.2, -0.15) is 0 Å². The van der Waals surface area contributed by atoms with Gasteiger partial charge < -0.3 is 10.2 Å². The minimum Gasteiger partial charge on any atom is -0.390 e. The highest BCUT2D eigenvalue weighted by Crippen LogP contribution is 2.68. The molecule has 4 saturated carbocycles. The minimum atomic E-state index is -0.529. The lowest BCUT2D eigenvalue weighted by Gasteiger charge is -2.62. The largest absolute Gasteiger partial charge is 0.390 e. The molecule has 4 aliphatic carbocycles. The molecule has 31 heavy (non-hydrogen) atoms. The molecule has 2 N–H and O–H groups in total. The molecule has 4 fully saturated rings. The molecule has 0 aliphatic heterocycles. The van der Waals surface area contributed by atoms with Gasteiger partial charge in [0.2, 0.25) is 0 Å². The van der Waals surface area contributed by atoms with E-state index in [9.17, 15) is 15.0 Å². The average Bonchev–Trinajstić information content (AvgIpc) is 3.07. The molecule has 3 nitrogen and oxygen atoms in total. The van der Waals surface area contributed by atoms with E-state index in [-0.39, 0.29) is 17.3 Å². The summed E-state index contributed by atoms with van der Waals surface area (Å²) in [7, 11) is 0. The van der Waals surface area contributed by atoms with E-state index in [1.807, 2.05) is 0 Å². The van der Waals surface area contributed by atoms with Crippen LogP contribution in [0.25, 0.3) is 0 Å². The summed E-state index contributed by atoms with van der Waals surface area (Å²) in [6, 6.07) is 0. The number of fused-ring (bicyclic) bond motifs is 5. The third-order valence-corrected chi connectivity index (χ3v) is 11.5. The molecule has 0 aromatic carbocycles. The molecule has 0 aromatic rings. The van der Waals surface area contributed by atoms with Crippen LogP contribution < -0.4 is 0 Å². The van der Waals surface area contributed by atoms with Crippen molar-refractivity contribution in [1.82, 2.24) is 0 Å². The molecular formula is C28H48O3. The third-order valence-electron chi connectivity index (χ3n) is 11.5. The van der Waals surface area contributed by atoms with Crippen LogP contribution in [-0.2, 0) is 4.79 Å². The molecule has 1 unspecified atom stereocenters. The Kier molecular flexibility index (Phi) is 6.45. The van der Waals surface area contributed by atoms with Crippen molar-refractivity contribution >= 4 is 5.78 Å². The summed E-state index contributed by atoms with van der Waals surface area (Å²) >= 11 is 0. The molecule has 11 atom stereocenters. The van der Waals surface area contributed by atoms with Crippen LogP contribution in [0.2, 0.25) is 0 Å². The highest BCUT2D eigenvalue weighted by molar-refractivity contribution is 5.81. The van der Waals surface area contributed by atoms with Crippen molar-refractivity contribution in [3.63, 3.8) is 0 Å². The number of carbonyl (C=O) groups is 1. The Morgan fingerprint density at radius 3 is 2.13 bits per heavy atom. The second-order valence-corrected chi connectivity index (χ2v) is 13.1. The molecule has 0 spiro atoms. The van der Waals surface area contributed by atoms with Gasteiger partial charge >= 0.3 is 0 Å². The highest BCUT2D eigenvalue weighted by atomic mass is 16.3. The number of Topliss-reactive ketones (excluding diaryl/α,β-unsaturated/α-hetero) is 1. The Balaban J connectivity index is 1.50. The zero-order valence-corrected chi connectivity index (χ0v) is 20.9. The molecule has 4 rings (SSSR count). The van der Waals surface area contributed by atoms with E-state index in [0.717, 1.165) is 37.5 Å². The maximum atomic E-state index is 12.9. The normalized spacial score (nSPS) is 49.1. The van der Waals surface area contributed by atoms with Crippen LogP contribution in [0.4, 0.5) is 0 Å². The fourth-order valence-electron chi connectivity index (χ4n) is 9.31. The van der Waals surface area contributed by atoms with Gasteiger partial charge in [-0.1, -0.05) is 41.5 Å². The number of aliphatic hydroxyl groups is 2. The Morgan fingerprint density at radius 1 is 0.839 bits per heavy atom. The van der Waals surface area contributed by atoms with Gasteiger partial charge in [-0.25, -0.2) is 0 Å². The summed E-state index contributed by atoms with van der Waals surface area (Å²) in [6.45, 7) is 13.8. The van der Waals surface area contributed by atoms with Crippen molar-refractivity contribution in [1.29, 1.82) is 0 Å². The Labute approximate surface area is 190 Å². The van der Waals surface area contributed by atoms with Gasteiger partial charge in [-0.15, -0.1) is 0 Å². The molecule has 0 saturated heterocycles. The first kappa shape index (κ1) is 23.7. The fourth-order valence-corrected chi connectivity index (χ4v) is 9.31. The van der Waals surface area contributed by atoms with Crippen molar-refractivity contribution in [2.45, 2.75) is 112 Å². The predicted octanol–water partition coefficient (Wildman–Crippen LogP) is 5.86. The summed E-state index contributed by atoms with van der Waals surface area (Å²) in [4.78, 5) is 12.9. The third kappa shape index (κ3) is 3.74. The van der Waals surface area contributed by atoms with Crippen LogP contribution in [0.1, 0.15) is 99.3 Å². The summed E-state index contributed by atoms with van der Waals surface area (Å²) in [5, 5.41) is 21.0. The van der Waals surface area contributed by atoms with Crippen molar-refractivity contribution in [2.75, 3.05) is 0 Å². The molecule has 0 amide bonds. The summed E-state index contributed by atoms with van der Waals surface area (Å²) in [5.74, 6) is 4.74. The minimum absolute atomic E-state index is 0.173. The second-order valence-electron chi connectivity index (χ2n) is 13.1. The lowest BCUT2D eigenvalue weighted by molar-refractivity contribution is -0.174. The molecule has 0 aromatic heterocycles.